The van der Waals surface area contributed by atoms with Gasteiger partial charge in [-0.1, -0.05) is 200 Å². The van der Waals surface area contributed by atoms with Gasteiger partial charge >= 0.3 is 0 Å². The van der Waals surface area contributed by atoms with Crippen LogP contribution in [0, 0.1) is 0 Å². The van der Waals surface area contributed by atoms with Crippen LogP contribution in [0.4, 0.5) is 17.1 Å². The minimum absolute atomic E-state index is 0.486. The van der Waals surface area contributed by atoms with Crippen LogP contribution in [0.25, 0.3) is 67.5 Å². The molecule has 0 atom stereocenters. The summed E-state index contributed by atoms with van der Waals surface area (Å²) >= 11 is 0. The number of fused-ring (bicyclic) bond motifs is 9. The standard InChI is InChI=1S/C58H38N4/c1-4-17-39(18-5-1)43-21-16-22-45(37-43)57-60-55(41-19-6-2-7-20-41)59-56(61-57)42-33-31-40(32-34-42)44-35-36-52-54(38-44)62(46-23-8-3-9-24-46)53-30-15-14-29-51(53)58(52)49-27-12-10-25-47(49)48-26-11-13-28-50(48)58/h1-38H. The maximum Gasteiger partial charge on any atom is 0.164 e. The second kappa shape index (κ2) is 14.5. The topological polar surface area (TPSA) is 41.9 Å². The predicted octanol–water partition coefficient (Wildman–Crippen LogP) is 14.4. The first-order valence-corrected chi connectivity index (χ1v) is 21.1. The van der Waals surface area contributed by atoms with Gasteiger partial charge in [-0.15, -0.1) is 0 Å². The van der Waals surface area contributed by atoms with E-state index in [1.165, 1.54) is 39.1 Å². The average molecular weight is 791 g/mol. The molecule has 1 aliphatic heterocycles. The number of para-hydroxylation sites is 2. The Kier molecular flexibility index (Phi) is 8.36. The summed E-state index contributed by atoms with van der Waals surface area (Å²) in [5.41, 5.74) is 18.0. The molecule has 0 bridgehead atoms. The summed E-state index contributed by atoms with van der Waals surface area (Å²) in [6, 6.07) is 82.4. The van der Waals surface area contributed by atoms with Gasteiger partial charge in [0, 0.05) is 22.4 Å². The van der Waals surface area contributed by atoms with Crippen LogP contribution in [-0.2, 0) is 5.41 Å². The van der Waals surface area contributed by atoms with Gasteiger partial charge in [0.15, 0.2) is 17.5 Å². The van der Waals surface area contributed by atoms with Gasteiger partial charge in [0.1, 0.15) is 0 Å². The van der Waals surface area contributed by atoms with E-state index in [4.69, 9.17) is 15.0 Å². The summed E-state index contributed by atoms with van der Waals surface area (Å²) in [5.74, 6) is 1.90. The summed E-state index contributed by atoms with van der Waals surface area (Å²) < 4.78 is 0. The molecule has 10 aromatic rings. The Hall–Kier alpha value is -8.21. The zero-order valence-corrected chi connectivity index (χ0v) is 33.7. The highest BCUT2D eigenvalue weighted by Gasteiger charge is 2.51. The lowest BCUT2D eigenvalue weighted by atomic mass is 9.64. The van der Waals surface area contributed by atoms with E-state index in [1.54, 1.807) is 0 Å². The number of aromatic nitrogens is 3. The third kappa shape index (κ3) is 5.65. The van der Waals surface area contributed by atoms with Gasteiger partial charge in [0.2, 0.25) is 0 Å². The number of rotatable bonds is 6. The largest absolute Gasteiger partial charge is 0.310 e. The van der Waals surface area contributed by atoms with Crippen LogP contribution in [0.15, 0.2) is 231 Å². The first kappa shape index (κ1) is 35.7. The quantitative estimate of drug-likeness (QED) is 0.168. The van der Waals surface area contributed by atoms with E-state index in [0.717, 1.165) is 50.3 Å². The van der Waals surface area contributed by atoms with E-state index in [1.807, 2.05) is 36.4 Å². The van der Waals surface area contributed by atoms with E-state index >= 15 is 0 Å². The molecule has 4 heteroatoms. The molecular weight excluding hydrogens is 753 g/mol. The van der Waals surface area contributed by atoms with E-state index in [2.05, 4.69) is 199 Å². The molecule has 62 heavy (non-hydrogen) atoms. The van der Waals surface area contributed by atoms with Crippen molar-refractivity contribution in [3.8, 4) is 67.5 Å². The van der Waals surface area contributed by atoms with Crippen LogP contribution >= 0.6 is 0 Å². The van der Waals surface area contributed by atoms with Crippen molar-refractivity contribution in [1.29, 1.82) is 0 Å². The molecule has 290 valence electrons. The molecule has 0 fully saturated rings. The van der Waals surface area contributed by atoms with E-state index in [9.17, 15) is 0 Å². The predicted molar refractivity (Wildman–Crippen MR) is 253 cm³/mol. The molecule has 0 unspecified atom stereocenters. The van der Waals surface area contributed by atoms with Gasteiger partial charge in [0.25, 0.3) is 0 Å². The fourth-order valence-electron chi connectivity index (χ4n) is 9.78. The molecule has 1 aromatic heterocycles. The fourth-order valence-corrected chi connectivity index (χ4v) is 9.78. The Morgan fingerprint density at radius 2 is 0.694 bits per heavy atom. The van der Waals surface area contributed by atoms with Gasteiger partial charge in [0.05, 0.1) is 16.8 Å². The molecule has 4 nitrogen and oxygen atoms in total. The number of nitrogens with zero attached hydrogens (tertiary/aromatic N) is 4. The summed E-state index contributed by atoms with van der Waals surface area (Å²) in [7, 11) is 0. The van der Waals surface area contributed by atoms with Gasteiger partial charge in [-0.3, -0.25) is 0 Å². The number of hydrogen-bond acceptors (Lipinski definition) is 4. The second-order valence-corrected chi connectivity index (χ2v) is 16.0. The number of anilines is 3. The van der Waals surface area contributed by atoms with Crippen molar-refractivity contribution >= 4 is 17.1 Å². The SMILES string of the molecule is c1ccc(-c2cccc(-c3nc(-c4ccccc4)nc(-c4ccc(-c5ccc6c(c5)N(c5ccccc5)c5ccccc5C65c6ccccc6-c6ccccc65)cc4)n3)c2)cc1. The van der Waals surface area contributed by atoms with Crippen molar-refractivity contribution in [3.63, 3.8) is 0 Å². The lowest BCUT2D eigenvalue weighted by molar-refractivity contribution is 0.753. The Morgan fingerprint density at radius 3 is 1.35 bits per heavy atom. The van der Waals surface area contributed by atoms with Crippen LogP contribution in [-0.4, -0.2) is 15.0 Å². The Morgan fingerprint density at radius 1 is 0.274 bits per heavy atom. The van der Waals surface area contributed by atoms with Gasteiger partial charge in [-0.2, -0.15) is 0 Å². The summed E-state index contributed by atoms with van der Waals surface area (Å²) in [6.45, 7) is 0. The average Bonchev–Trinajstić information content (AvgIpc) is 3.65. The van der Waals surface area contributed by atoms with Crippen LogP contribution in [0.1, 0.15) is 22.3 Å². The summed E-state index contributed by atoms with van der Waals surface area (Å²) in [5, 5.41) is 0. The molecule has 2 aliphatic rings. The molecule has 0 amide bonds. The molecule has 0 radical (unpaired) electrons. The van der Waals surface area contributed by atoms with Crippen LogP contribution < -0.4 is 4.90 Å². The highest BCUT2D eigenvalue weighted by molar-refractivity contribution is 5.96. The van der Waals surface area contributed by atoms with Crippen molar-refractivity contribution in [2.75, 3.05) is 4.90 Å². The minimum atomic E-state index is -0.486. The van der Waals surface area contributed by atoms with Crippen molar-refractivity contribution < 1.29 is 0 Å². The highest BCUT2D eigenvalue weighted by Crippen LogP contribution is 2.63. The van der Waals surface area contributed by atoms with Crippen LogP contribution in [0.3, 0.4) is 0 Å². The highest BCUT2D eigenvalue weighted by atomic mass is 15.2. The van der Waals surface area contributed by atoms with Crippen LogP contribution in [0.2, 0.25) is 0 Å². The first-order valence-electron chi connectivity index (χ1n) is 21.1. The number of benzene rings is 9. The maximum absolute atomic E-state index is 5.11. The fraction of sp³-hybridized carbons (Fsp3) is 0.0172. The smallest absolute Gasteiger partial charge is 0.164 e. The van der Waals surface area contributed by atoms with E-state index in [0.29, 0.717) is 17.5 Å². The van der Waals surface area contributed by atoms with Crippen molar-refractivity contribution in [3.05, 3.63) is 253 Å². The monoisotopic (exact) mass is 790 g/mol. The molecule has 2 heterocycles. The van der Waals surface area contributed by atoms with Gasteiger partial charge in [-0.05, 0) is 86.0 Å². The Labute approximate surface area is 361 Å². The Balaban J connectivity index is 0.997. The van der Waals surface area contributed by atoms with E-state index in [-0.39, 0.29) is 0 Å². The van der Waals surface area contributed by atoms with Gasteiger partial charge in [-0.25, -0.2) is 15.0 Å². The third-order valence-electron chi connectivity index (χ3n) is 12.5. The zero-order chi connectivity index (χ0) is 41.0. The molecule has 12 rings (SSSR count). The summed E-state index contributed by atoms with van der Waals surface area (Å²) in [6.07, 6.45) is 0. The number of hydrogen-bond donors (Lipinski definition) is 0. The molecule has 0 saturated heterocycles. The van der Waals surface area contributed by atoms with Crippen molar-refractivity contribution in [2.24, 2.45) is 0 Å². The normalized spacial score (nSPS) is 12.9. The molecule has 1 spiro atoms. The molecule has 1 aliphatic carbocycles. The van der Waals surface area contributed by atoms with E-state index < -0.39 is 5.41 Å². The second-order valence-electron chi connectivity index (χ2n) is 16.0. The molecule has 0 saturated carbocycles. The Bertz CT molecular complexity index is 3240. The molecular formula is C58H38N4. The minimum Gasteiger partial charge on any atom is -0.310 e. The first-order chi connectivity index (χ1) is 30.7. The summed E-state index contributed by atoms with van der Waals surface area (Å²) in [4.78, 5) is 17.6. The van der Waals surface area contributed by atoms with Crippen LogP contribution in [0.5, 0.6) is 0 Å². The third-order valence-corrected chi connectivity index (χ3v) is 12.5. The van der Waals surface area contributed by atoms with Crippen molar-refractivity contribution in [1.82, 2.24) is 15.0 Å². The lowest BCUT2D eigenvalue weighted by Crippen LogP contribution is -2.36. The maximum atomic E-state index is 5.11. The molecule has 0 N–H and O–H groups in total. The lowest BCUT2D eigenvalue weighted by Gasteiger charge is -2.45. The molecule has 9 aromatic carbocycles. The zero-order valence-electron chi connectivity index (χ0n) is 33.7. The van der Waals surface area contributed by atoms with Gasteiger partial charge < -0.3 is 4.90 Å². The van der Waals surface area contributed by atoms with Crippen molar-refractivity contribution in [2.45, 2.75) is 5.41 Å².